The van der Waals surface area contributed by atoms with Gasteiger partial charge in [-0.3, -0.25) is 4.79 Å². The number of ketones is 1. The molecule has 3 heteroatoms. The molecular formula is C16H15ClO2. The molecule has 98 valence electrons. The van der Waals surface area contributed by atoms with Gasteiger partial charge in [0, 0.05) is 11.1 Å². The number of carbonyl (C=O) groups is 1. The number of hydrogen-bond donors (Lipinski definition) is 0. The van der Waals surface area contributed by atoms with Crippen molar-refractivity contribution in [2.75, 3.05) is 7.11 Å². The van der Waals surface area contributed by atoms with Crippen molar-refractivity contribution in [1.29, 1.82) is 0 Å². The van der Waals surface area contributed by atoms with Crippen LogP contribution in [0.15, 0.2) is 36.4 Å². The van der Waals surface area contributed by atoms with Crippen molar-refractivity contribution in [2.45, 2.75) is 13.8 Å². The molecule has 0 amide bonds. The van der Waals surface area contributed by atoms with Crippen LogP contribution in [0, 0.1) is 13.8 Å². The van der Waals surface area contributed by atoms with Gasteiger partial charge in [0.05, 0.1) is 12.1 Å². The summed E-state index contributed by atoms with van der Waals surface area (Å²) in [7, 11) is 1.55. The van der Waals surface area contributed by atoms with Crippen molar-refractivity contribution in [3.8, 4) is 5.75 Å². The van der Waals surface area contributed by atoms with E-state index in [0.29, 0.717) is 21.9 Å². The molecule has 0 unspecified atom stereocenters. The van der Waals surface area contributed by atoms with Gasteiger partial charge in [0.15, 0.2) is 5.78 Å². The highest BCUT2D eigenvalue weighted by Crippen LogP contribution is 2.26. The molecule has 19 heavy (non-hydrogen) atoms. The number of carbonyl (C=O) groups excluding carboxylic acids is 1. The summed E-state index contributed by atoms with van der Waals surface area (Å²) in [6, 6.07) is 10.8. The second kappa shape index (κ2) is 5.45. The van der Waals surface area contributed by atoms with Crippen LogP contribution in [0.4, 0.5) is 0 Å². The van der Waals surface area contributed by atoms with Crippen LogP contribution in [-0.4, -0.2) is 12.9 Å². The van der Waals surface area contributed by atoms with Gasteiger partial charge in [-0.2, -0.15) is 0 Å². The van der Waals surface area contributed by atoms with E-state index < -0.39 is 0 Å². The Balaban J connectivity index is 2.44. The number of methoxy groups -OCH3 is 1. The molecule has 0 aliphatic carbocycles. The van der Waals surface area contributed by atoms with Crippen LogP contribution in [0.2, 0.25) is 5.02 Å². The molecule has 0 aliphatic rings. The van der Waals surface area contributed by atoms with E-state index in [9.17, 15) is 4.79 Å². The largest absolute Gasteiger partial charge is 0.495 e. The molecule has 0 saturated carbocycles. The molecule has 0 aromatic heterocycles. The smallest absolute Gasteiger partial charge is 0.193 e. The summed E-state index contributed by atoms with van der Waals surface area (Å²) in [5.41, 5.74) is 3.38. The van der Waals surface area contributed by atoms with Gasteiger partial charge in [-0.25, -0.2) is 0 Å². The first-order valence-corrected chi connectivity index (χ1v) is 6.37. The Hall–Kier alpha value is -1.80. The number of aryl methyl sites for hydroxylation is 1. The zero-order valence-corrected chi connectivity index (χ0v) is 11.9. The Morgan fingerprint density at radius 3 is 2.53 bits per heavy atom. The van der Waals surface area contributed by atoms with Gasteiger partial charge in [-0.05, 0) is 43.2 Å². The summed E-state index contributed by atoms with van der Waals surface area (Å²) in [4.78, 5) is 12.5. The van der Waals surface area contributed by atoms with Crippen LogP contribution < -0.4 is 4.74 Å². The predicted octanol–water partition coefficient (Wildman–Crippen LogP) is 4.20. The monoisotopic (exact) mass is 274 g/mol. The maximum atomic E-state index is 12.5. The lowest BCUT2D eigenvalue weighted by Gasteiger charge is -2.09. The molecule has 0 radical (unpaired) electrons. The van der Waals surface area contributed by atoms with E-state index in [4.69, 9.17) is 16.3 Å². The first-order chi connectivity index (χ1) is 9.04. The highest BCUT2D eigenvalue weighted by molar-refractivity contribution is 6.32. The molecule has 0 bridgehead atoms. The minimum absolute atomic E-state index is 0.0225. The number of benzene rings is 2. The predicted molar refractivity (Wildman–Crippen MR) is 77.4 cm³/mol. The maximum Gasteiger partial charge on any atom is 0.193 e. The van der Waals surface area contributed by atoms with Crippen LogP contribution in [0.25, 0.3) is 0 Å². The van der Waals surface area contributed by atoms with Crippen LogP contribution in [-0.2, 0) is 0 Å². The Labute approximate surface area is 118 Å². The summed E-state index contributed by atoms with van der Waals surface area (Å²) < 4.78 is 5.09. The molecular weight excluding hydrogens is 260 g/mol. The second-order valence-electron chi connectivity index (χ2n) is 4.43. The fraction of sp³-hybridized carbons (Fsp3) is 0.188. The summed E-state index contributed by atoms with van der Waals surface area (Å²) in [5, 5.41) is 0.443. The average molecular weight is 275 g/mol. The van der Waals surface area contributed by atoms with Crippen molar-refractivity contribution in [1.82, 2.24) is 0 Å². The first kappa shape index (κ1) is 13.6. The van der Waals surface area contributed by atoms with E-state index >= 15 is 0 Å². The Kier molecular flexibility index (Phi) is 3.91. The third-order valence-corrected chi connectivity index (χ3v) is 3.56. The zero-order valence-electron chi connectivity index (χ0n) is 11.2. The number of rotatable bonds is 3. The third-order valence-electron chi connectivity index (χ3n) is 3.26. The minimum Gasteiger partial charge on any atom is -0.495 e. The van der Waals surface area contributed by atoms with Gasteiger partial charge in [0.25, 0.3) is 0 Å². The van der Waals surface area contributed by atoms with Crippen LogP contribution in [0.1, 0.15) is 27.0 Å². The maximum absolute atomic E-state index is 12.5. The lowest BCUT2D eigenvalue weighted by molar-refractivity contribution is 0.103. The quantitative estimate of drug-likeness (QED) is 0.784. The lowest BCUT2D eigenvalue weighted by Crippen LogP contribution is -2.05. The van der Waals surface area contributed by atoms with E-state index in [-0.39, 0.29) is 5.78 Å². The fourth-order valence-electron chi connectivity index (χ4n) is 1.96. The molecule has 0 spiro atoms. The Bertz CT molecular complexity index is 633. The summed E-state index contributed by atoms with van der Waals surface area (Å²) in [6.07, 6.45) is 0. The molecule has 0 fully saturated rings. The van der Waals surface area contributed by atoms with Crippen molar-refractivity contribution >= 4 is 17.4 Å². The van der Waals surface area contributed by atoms with Gasteiger partial charge >= 0.3 is 0 Å². The van der Waals surface area contributed by atoms with Crippen molar-refractivity contribution in [3.63, 3.8) is 0 Å². The lowest BCUT2D eigenvalue weighted by atomic mass is 9.96. The van der Waals surface area contributed by atoms with E-state index in [2.05, 4.69) is 0 Å². The van der Waals surface area contributed by atoms with Gasteiger partial charge < -0.3 is 4.74 Å². The Morgan fingerprint density at radius 2 is 1.89 bits per heavy atom. The molecule has 0 heterocycles. The summed E-state index contributed by atoms with van der Waals surface area (Å²) in [5.74, 6) is 0.546. The van der Waals surface area contributed by atoms with Gasteiger partial charge in [0.1, 0.15) is 5.75 Å². The third kappa shape index (κ3) is 2.64. The van der Waals surface area contributed by atoms with Crippen molar-refractivity contribution < 1.29 is 9.53 Å². The Morgan fingerprint density at radius 1 is 1.16 bits per heavy atom. The standard InChI is InChI=1S/C16H15ClO2/c1-10-5-4-6-13(11(10)2)16(18)12-7-8-15(19-3)14(17)9-12/h4-9H,1-3H3. The average Bonchev–Trinajstić information content (AvgIpc) is 2.41. The molecule has 0 aliphatic heterocycles. The highest BCUT2D eigenvalue weighted by Gasteiger charge is 2.14. The molecule has 2 rings (SSSR count). The van der Waals surface area contributed by atoms with Crippen molar-refractivity contribution in [3.05, 3.63) is 63.7 Å². The van der Waals surface area contributed by atoms with E-state index in [1.807, 2.05) is 32.0 Å². The topological polar surface area (TPSA) is 26.3 Å². The van der Waals surface area contributed by atoms with Gasteiger partial charge in [-0.1, -0.05) is 29.8 Å². The van der Waals surface area contributed by atoms with Crippen molar-refractivity contribution in [2.24, 2.45) is 0 Å². The molecule has 2 aromatic rings. The molecule has 2 aromatic carbocycles. The molecule has 2 nitrogen and oxygen atoms in total. The van der Waals surface area contributed by atoms with Gasteiger partial charge in [0.2, 0.25) is 0 Å². The van der Waals surface area contributed by atoms with E-state index in [1.54, 1.807) is 25.3 Å². The normalized spacial score (nSPS) is 10.3. The summed E-state index contributed by atoms with van der Waals surface area (Å²) >= 11 is 6.05. The SMILES string of the molecule is COc1ccc(C(=O)c2cccc(C)c2C)cc1Cl. The van der Waals surface area contributed by atoms with Crippen LogP contribution >= 0.6 is 11.6 Å². The number of hydrogen-bond acceptors (Lipinski definition) is 2. The fourth-order valence-corrected chi connectivity index (χ4v) is 2.22. The summed E-state index contributed by atoms with van der Waals surface area (Å²) in [6.45, 7) is 3.95. The van der Waals surface area contributed by atoms with Crippen LogP contribution in [0.5, 0.6) is 5.75 Å². The van der Waals surface area contributed by atoms with E-state index in [1.165, 1.54) is 0 Å². The molecule has 0 atom stereocenters. The highest BCUT2D eigenvalue weighted by atomic mass is 35.5. The number of ether oxygens (including phenoxy) is 1. The number of halogens is 1. The molecule has 0 saturated heterocycles. The van der Waals surface area contributed by atoms with E-state index in [0.717, 1.165) is 11.1 Å². The second-order valence-corrected chi connectivity index (χ2v) is 4.83. The minimum atomic E-state index is -0.0225. The van der Waals surface area contributed by atoms with Crippen LogP contribution in [0.3, 0.4) is 0 Å². The van der Waals surface area contributed by atoms with Gasteiger partial charge in [-0.15, -0.1) is 0 Å². The molecule has 0 N–H and O–H groups in total. The zero-order chi connectivity index (χ0) is 14.0. The first-order valence-electron chi connectivity index (χ1n) is 5.99.